The topological polar surface area (TPSA) is 51.9 Å². The van der Waals surface area contributed by atoms with E-state index in [4.69, 9.17) is 5.73 Å². The Labute approximate surface area is 149 Å². The third-order valence-electron chi connectivity index (χ3n) is 4.30. The average molecular weight is 348 g/mol. The summed E-state index contributed by atoms with van der Waals surface area (Å²) < 4.78 is 3.96. The molecule has 0 unspecified atom stereocenters. The summed E-state index contributed by atoms with van der Waals surface area (Å²) in [6.07, 6.45) is 0. The predicted molar refractivity (Wildman–Crippen MR) is 101 cm³/mol. The maximum absolute atomic E-state index is 12.6. The number of rotatable bonds is 5. The molecule has 0 fully saturated rings. The number of nitrogen functional groups attached to an aromatic ring is 1. The van der Waals surface area contributed by atoms with E-state index in [-0.39, 0.29) is 12.3 Å². The van der Waals surface area contributed by atoms with Crippen LogP contribution in [0.2, 0.25) is 0 Å². The molecule has 4 aromatic rings. The van der Waals surface area contributed by atoms with Crippen molar-refractivity contribution < 1.29 is 9.36 Å². The monoisotopic (exact) mass is 348 g/mol. The Morgan fingerprint density at radius 3 is 2.52 bits per heavy atom. The van der Waals surface area contributed by atoms with Gasteiger partial charge in [0.15, 0.2) is 0 Å². The number of nitrogens with zero attached hydrogens (tertiary/aromatic N) is 2. The molecule has 25 heavy (non-hydrogen) atoms. The molecule has 0 saturated heterocycles. The van der Waals surface area contributed by atoms with Gasteiger partial charge < -0.3 is 0 Å². The van der Waals surface area contributed by atoms with Gasteiger partial charge in [-0.05, 0) is 29.1 Å². The molecule has 0 saturated carbocycles. The lowest BCUT2D eigenvalue weighted by atomic mass is 10.2. The summed E-state index contributed by atoms with van der Waals surface area (Å²) in [5.74, 6) is 0.671. The molecule has 5 heteroatoms. The molecule has 0 bridgehead atoms. The maximum Gasteiger partial charge on any atom is 0.356 e. The molecule has 4 nitrogen and oxygen atoms in total. The van der Waals surface area contributed by atoms with Crippen molar-refractivity contribution in [3.8, 4) is 0 Å². The number of hydrogen-bond acceptors (Lipinski definition) is 3. The van der Waals surface area contributed by atoms with E-state index in [1.807, 2.05) is 64.5 Å². The molecule has 0 amide bonds. The number of Topliss-reactive ketones (excluding diaryl/α,β-unsaturated/α-hetero) is 1. The lowest BCUT2D eigenvalue weighted by molar-refractivity contribution is -0.648. The molecule has 2 aromatic carbocycles. The second kappa shape index (κ2) is 6.53. The lowest BCUT2D eigenvalue weighted by Gasteiger charge is -2.02. The van der Waals surface area contributed by atoms with Crippen molar-refractivity contribution in [2.45, 2.75) is 13.1 Å². The molecule has 2 aromatic heterocycles. The number of benzene rings is 2. The van der Waals surface area contributed by atoms with Gasteiger partial charge in [0.05, 0.1) is 11.4 Å². The first-order valence-corrected chi connectivity index (χ1v) is 8.99. The minimum absolute atomic E-state index is 0.0781. The van der Waals surface area contributed by atoms with Gasteiger partial charge in [0.25, 0.3) is 0 Å². The van der Waals surface area contributed by atoms with E-state index < -0.39 is 0 Å². The van der Waals surface area contributed by atoms with E-state index in [9.17, 15) is 4.79 Å². The molecule has 0 aliphatic rings. The fourth-order valence-corrected chi connectivity index (χ4v) is 3.73. The van der Waals surface area contributed by atoms with Gasteiger partial charge in [-0.1, -0.05) is 48.5 Å². The Kier molecular flexibility index (Phi) is 4.07. The normalized spacial score (nSPS) is 11.0. The number of carbonyl (C=O) groups excluding carboxylic acids is 1. The van der Waals surface area contributed by atoms with Gasteiger partial charge in [0.1, 0.15) is 17.6 Å². The summed E-state index contributed by atoms with van der Waals surface area (Å²) >= 11 is 1.46. The SMILES string of the molecule is Nc1n(CC(=O)c2cccs2)c2ccccc2[n+]1Cc1ccccc1. The van der Waals surface area contributed by atoms with E-state index in [1.54, 1.807) is 0 Å². The Morgan fingerprint density at radius 1 is 1.00 bits per heavy atom. The molecule has 0 aliphatic heterocycles. The van der Waals surface area contributed by atoms with Crippen LogP contribution in [0, 0.1) is 0 Å². The van der Waals surface area contributed by atoms with Gasteiger partial charge >= 0.3 is 5.95 Å². The molecular weight excluding hydrogens is 330 g/mol. The number of carbonyl (C=O) groups is 1. The van der Waals surface area contributed by atoms with E-state index in [2.05, 4.69) is 16.7 Å². The number of ketones is 1. The minimum atomic E-state index is 0.0781. The largest absolute Gasteiger partial charge is 0.356 e. The van der Waals surface area contributed by atoms with Crippen molar-refractivity contribution in [1.82, 2.24) is 4.57 Å². The van der Waals surface area contributed by atoms with Crippen molar-refractivity contribution in [2.24, 2.45) is 0 Å². The minimum Gasteiger partial charge on any atom is -0.290 e. The first kappa shape index (κ1) is 15.6. The van der Waals surface area contributed by atoms with E-state index in [0.717, 1.165) is 15.9 Å². The smallest absolute Gasteiger partial charge is 0.290 e. The van der Waals surface area contributed by atoms with Gasteiger partial charge in [0, 0.05) is 0 Å². The molecule has 0 atom stereocenters. The van der Waals surface area contributed by atoms with Gasteiger partial charge in [-0.25, -0.2) is 9.13 Å². The van der Waals surface area contributed by atoms with Crippen LogP contribution in [0.5, 0.6) is 0 Å². The Balaban J connectivity index is 1.77. The summed E-state index contributed by atoms with van der Waals surface area (Å²) in [7, 11) is 0. The van der Waals surface area contributed by atoms with Crippen LogP contribution < -0.4 is 10.3 Å². The zero-order chi connectivity index (χ0) is 17.2. The lowest BCUT2D eigenvalue weighted by Crippen LogP contribution is -2.37. The van der Waals surface area contributed by atoms with Crippen molar-refractivity contribution >= 4 is 34.1 Å². The van der Waals surface area contributed by atoms with Crippen molar-refractivity contribution in [3.63, 3.8) is 0 Å². The number of para-hydroxylation sites is 2. The van der Waals surface area contributed by atoms with Gasteiger partial charge in [0.2, 0.25) is 5.78 Å². The van der Waals surface area contributed by atoms with Crippen LogP contribution in [0.15, 0.2) is 72.1 Å². The van der Waals surface area contributed by atoms with E-state index in [1.165, 1.54) is 16.9 Å². The third kappa shape index (κ3) is 2.94. The van der Waals surface area contributed by atoms with Crippen LogP contribution in [0.25, 0.3) is 11.0 Å². The standard InChI is InChI=1S/C20H17N3OS/c21-20-22(13-15-7-2-1-3-8-15)16-9-4-5-10-17(16)23(20)14-18(24)19-11-6-12-25-19/h1-12,21H,13-14H2/p+1. The quantitative estimate of drug-likeness (QED) is 0.443. The third-order valence-corrected chi connectivity index (χ3v) is 5.21. The number of hydrogen-bond donors (Lipinski definition) is 1. The van der Waals surface area contributed by atoms with E-state index in [0.29, 0.717) is 12.5 Å². The molecule has 0 spiro atoms. The highest BCUT2D eigenvalue weighted by atomic mass is 32.1. The number of anilines is 1. The van der Waals surface area contributed by atoms with Crippen molar-refractivity contribution in [2.75, 3.05) is 5.73 Å². The van der Waals surface area contributed by atoms with Crippen LogP contribution in [0.4, 0.5) is 5.95 Å². The van der Waals surface area contributed by atoms with Crippen molar-refractivity contribution in [3.05, 3.63) is 82.6 Å². The highest BCUT2D eigenvalue weighted by Gasteiger charge is 2.23. The number of nitrogens with two attached hydrogens (primary N) is 1. The van der Waals surface area contributed by atoms with Crippen LogP contribution in [-0.2, 0) is 13.1 Å². The van der Waals surface area contributed by atoms with Crippen LogP contribution >= 0.6 is 11.3 Å². The van der Waals surface area contributed by atoms with Crippen molar-refractivity contribution in [1.29, 1.82) is 0 Å². The Bertz CT molecular complexity index is 1020. The highest BCUT2D eigenvalue weighted by Crippen LogP contribution is 2.19. The second-order valence-electron chi connectivity index (χ2n) is 5.91. The van der Waals surface area contributed by atoms with Gasteiger partial charge in [-0.2, -0.15) is 0 Å². The second-order valence-corrected chi connectivity index (χ2v) is 6.85. The summed E-state index contributed by atoms with van der Waals surface area (Å²) in [6.45, 7) is 0.919. The molecule has 0 aliphatic carbocycles. The number of aromatic nitrogens is 2. The predicted octanol–water partition coefficient (Wildman–Crippen LogP) is 3.50. The first-order chi connectivity index (χ1) is 12.2. The highest BCUT2D eigenvalue weighted by molar-refractivity contribution is 7.12. The number of imidazole rings is 1. The summed E-state index contributed by atoms with van der Waals surface area (Å²) in [6, 6.07) is 22.0. The summed E-state index contributed by atoms with van der Waals surface area (Å²) in [5, 5.41) is 1.92. The maximum atomic E-state index is 12.6. The summed E-state index contributed by atoms with van der Waals surface area (Å²) in [4.78, 5) is 13.3. The van der Waals surface area contributed by atoms with Gasteiger partial charge in [-0.15, -0.1) is 11.3 Å². The molecule has 124 valence electrons. The molecule has 2 heterocycles. The van der Waals surface area contributed by atoms with Crippen LogP contribution in [0.1, 0.15) is 15.2 Å². The molecule has 4 rings (SSSR count). The van der Waals surface area contributed by atoms with Gasteiger partial charge in [-0.3, -0.25) is 10.5 Å². The first-order valence-electron chi connectivity index (χ1n) is 8.11. The fraction of sp³-hybridized carbons (Fsp3) is 0.100. The molecule has 2 N–H and O–H groups in total. The fourth-order valence-electron chi connectivity index (χ4n) is 3.07. The Morgan fingerprint density at radius 2 is 1.76 bits per heavy atom. The zero-order valence-corrected chi connectivity index (χ0v) is 14.4. The average Bonchev–Trinajstić information content (AvgIpc) is 3.26. The van der Waals surface area contributed by atoms with Crippen LogP contribution in [0.3, 0.4) is 0 Å². The molecule has 0 radical (unpaired) electrons. The van der Waals surface area contributed by atoms with E-state index >= 15 is 0 Å². The van der Waals surface area contributed by atoms with Crippen LogP contribution in [-0.4, -0.2) is 10.4 Å². The summed E-state index contributed by atoms with van der Waals surface area (Å²) in [5.41, 5.74) is 9.62. The molecular formula is C20H18N3OS+. The Hall–Kier alpha value is -2.92. The zero-order valence-electron chi connectivity index (χ0n) is 13.6. The number of fused-ring (bicyclic) bond motifs is 1. The number of thiophene rings is 1.